The summed E-state index contributed by atoms with van der Waals surface area (Å²) in [6, 6.07) is 15.0. The van der Waals surface area contributed by atoms with Crippen LogP contribution in [-0.2, 0) is 23.2 Å². The number of hydrogen-bond donors (Lipinski definition) is 3. The van der Waals surface area contributed by atoms with Crippen LogP contribution in [0.25, 0.3) is 10.9 Å². The van der Waals surface area contributed by atoms with Gasteiger partial charge in [0.25, 0.3) is 0 Å². The second-order valence-electron chi connectivity index (χ2n) is 7.25. The van der Waals surface area contributed by atoms with Crippen LogP contribution in [0.4, 0.5) is 0 Å². The van der Waals surface area contributed by atoms with Gasteiger partial charge in [-0.05, 0) is 37.1 Å². The topological polar surface area (TPSA) is 136 Å². The van der Waals surface area contributed by atoms with Crippen LogP contribution in [0.3, 0.4) is 0 Å². The van der Waals surface area contributed by atoms with Gasteiger partial charge in [0.2, 0.25) is 12.3 Å². The molecule has 1 aromatic heterocycles. The number of aromatic nitrogens is 2. The van der Waals surface area contributed by atoms with Gasteiger partial charge in [-0.3, -0.25) is 19.3 Å². The monoisotopic (exact) mass is 481 g/mol. The summed E-state index contributed by atoms with van der Waals surface area (Å²) in [7, 11) is 1.95. The highest BCUT2D eigenvalue weighted by Gasteiger charge is 2.04. The van der Waals surface area contributed by atoms with E-state index >= 15 is 0 Å². The second kappa shape index (κ2) is 17.3. The quantitative estimate of drug-likeness (QED) is 0.127. The highest BCUT2D eigenvalue weighted by molar-refractivity contribution is 5.92. The first-order valence-corrected chi connectivity index (χ1v) is 11.2. The van der Waals surface area contributed by atoms with Crippen molar-refractivity contribution < 1.29 is 14.4 Å². The van der Waals surface area contributed by atoms with E-state index < -0.39 is 0 Å². The standard InChI is InChI=1S/C14H19N5O.C7H7NO.C4H9NO/c1-11-13-4-3-12(7-14(13)19(2)18-11)8-17-9-15-5-6-16-10-20;8-7(9)6-4-2-1-3-5-6;1-3-4-6-5-2/h3-4,7,9-10H,5-6,8H2,1-2H3,(H,15,17)(H,16,20);1-5H,(H2,8,9);2-4H2,1H3. The van der Waals surface area contributed by atoms with Crippen molar-refractivity contribution in [2.75, 3.05) is 19.7 Å². The number of nitrogens with zero attached hydrogens (tertiary/aromatic N) is 4. The van der Waals surface area contributed by atoms with Crippen molar-refractivity contribution in [1.29, 1.82) is 0 Å². The lowest BCUT2D eigenvalue weighted by molar-refractivity contribution is -0.109. The molecule has 188 valence electrons. The van der Waals surface area contributed by atoms with Gasteiger partial charge in [-0.25, -0.2) is 0 Å². The molecule has 2 aromatic carbocycles. The summed E-state index contributed by atoms with van der Waals surface area (Å²) in [5.41, 5.74) is 8.84. The summed E-state index contributed by atoms with van der Waals surface area (Å²) >= 11 is 0. The third kappa shape index (κ3) is 11.5. The van der Waals surface area contributed by atoms with Gasteiger partial charge >= 0.3 is 0 Å². The molecular weight excluding hydrogens is 446 g/mol. The number of aryl methyl sites for hydroxylation is 2. The zero-order valence-electron chi connectivity index (χ0n) is 20.6. The third-order valence-corrected chi connectivity index (χ3v) is 4.50. The molecule has 0 radical (unpaired) electrons. The summed E-state index contributed by atoms with van der Waals surface area (Å²) in [4.78, 5) is 29.3. The lowest BCUT2D eigenvalue weighted by Gasteiger charge is -2.00. The van der Waals surface area contributed by atoms with Crippen molar-refractivity contribution in [2.45, 2.75) is 26.8 Å². The highest BCUT2D eigenvalue weighted by Crippen LogP contribution is 2.19. The molecule has 1 heterocycles. The Hall–Kier alpha value is -4.21. The number of oxime groups is 1. The Kier molecular flexibility index (Phi) is 14.2. The maximum absolute atomic E-state index is 10.4. The van der Waals surface area contributed by atoms with Crippen LogP contribution in [0.1, 0.15) is 35.0 Å². The number of rotatable bonds is 11. The van der Waals surface area contributed by atoms with E-state index in [1.165, 1.54) is 5.39 Å². The van der Waals surface area contributed by atoms with Crippen molar-refractivity contribution in [2.24, 2.45) is 22.9 Å². The fourth-order valence-electron chi connectivity index (χ4n) is 2.82. The maximum atomic E-state index is 10.4. The summed E-state index contributed by atoms with van der Waals surface area (Å²) in [5, 5.41) is 14.3. The predicted molar refractivity (Wildman–Crippen MR) is 140 cm³/mol. The first-order valence-electron chi connectivity index (χ1n) is 11.2. The molecule has 2 amide bonds. The fourth-order valence-corrected chi connectivity index (χ4v) is 2.82. The van der Waals surface area contributed by atoms with E-state index in [1.54, 1.807) is 30.6 Å². The van der Waals surface area contributed by atoms with E-state index in [0.717, 1.165) is 23.2 Å². The van der Waals surface area contributed by atoms with Crippen molar-refractivity contribution in [1.82, 2.24) is 20.4 Å². The van der Waals surface area contributed by atoms with Crippen LogP contribution >= 0.6 is 0 Å². The smallest absolute Gasteiger partial charge is 0.248 e. The molecule has 0 saturated carbocycles. The molecule has 0 aliphatic carbocycles. The number of carbonyl (C=O) groups excluding carboxylic acids is 2. The van der Waals surface area contributed by atoms with Crippen LogP contribution in [0.2, 0.25) is 0 Å². The number of fused-ring (bicyclic) bond motifs is 1. The Bertz CT molecular complexity index is 1070. The number of nitrogens with one attached hydrogen (secondary N) is 2. The van der Waals surface area contributed by atoms with Crippen molar-refractivity contribution in [3.8, 4) is 0 Å². The van der Waals surface area contributed by atoms with Gasteiger partial charge in [0, 0.05) is 37.8 Å². The number of amides is 2. The average molecular weight is 482 g/mol. The Morgan fingerprint density at radius 2 is 1.91 bits per heavy atom. The van der Waals surface area contributed by atoms with Gasteiger partial charge in [-0.2, -0.15) is 5.10 Å². The average Bonchev–Trinajstić information content (AvgIpc) is 3.16. The van der Waals surface area contributed by atoms with Crippen LogP contribution in [-0.4, -0.2) is 54.9 Å². The van der Waals surface area contributed by atoms with E-state index in [-0.39, 0.29) is 5.91 Å². The van der Waals surface area contributed by atoms with Crippen LogP contribution in [0.15, 0.2) is 58.7 Å². The van der Waals surface area contributed by atoms with Gasteiger partial charge < -0.3 is 21.2 Å². The Balaban J connectivity index is 0.000000336. The molecule has 0 spiro atoms. The SMILES string of the molecule is C=NOCCC.Cc1nn(C)c2cc(CN=CNCCNC=O)ccc12.NC(=O)c1ccccc1. The minimum absolute atomic E-state index is 0.379. The first-order chi connectivity index (χ1) is 16.9. The summed E-state index contributed by atoms with van der Waals surface area (Å²) < 4.78 is 1.89. The van der Waals surface area contributed by atoms with E-state index in [4.69, 9.17) is 5.73 Å². The fraction of sp³-hybridized carbons (Fsp3) is 0.320. The molecule has 4 N–H and O–H groups in total. The molecule has 3 rings (SSSR count). The summed E-state index contributed by atoms with van der Waals surface area (Å²) in [6.07, 6.45) is 3.36. The first kappa shape index (κ1) is 28.8. The van der Waals surface area contributed by atoms with E-state index in [2.05, 4.69) is 55.6 Å². The lowest BCUT2D eigenvalue weighted by Crippen LogP contribution is -2.25. The zero-order valence-corrected chi connectivity index (χ0v) is 20.6. The van der Waals surface area contributed by atoms with Gasteiger partial charge in [0.1, 0.15) is 6.61 Å². The molecule has 0 unspecified atom stereocenters. The molecular formula is C25H35N7O3. The number of hydrogen-bond acceptors (Lipinski definition) is 6. The Labute approximate surface area is 206 Å². The van der Waals surface area contributed by atoms with Gasteiger partial charge in [0.05, 0.1) is 24.1 Å². The summed E-state index contributed by atoms with van der Waals surface area (Å²) in [6.45, 7) is 9.72. The number of primary amides is 1. The van der Waals surface area contributed by atoms with E-state index in [1.807, 2.05) is 31.6 Å². The Morgan fingerprint density at radius 3 is 2.49 bits per heavy atom. The second-order valence-corrected chi connectivity index (χ2v) is 7.25. The van der Waals surface area contributed by atoms with Crippen molar-refractivity contribution in [3.63, 3.8) is 0 Å². The molecule has 0 aliphatic heterocycles. The molecule has 3 aromatic rings. The molecule has 0 saturated heterocycles. The van der Waals surface area contributed by atoms with Crippen LogP contribution in [0, 0.1) is 6.92 Å². The number of benzene rings is 2. The molecule has 10 nitrogen and oxygen atoms in total. The van der Waals surface area contributed by atoms with E-state index in [9.17, 15) is 9.59 Å². The Morgan fingerprint density at radius 1 is 1.20 bits per heavy atom. The molecule has 0 atom stereocenters. The number of carbonyl (C=O) groups is 2. The molecule has 0 bridgehead atoms. The van der Waals surface area contributed by atoms with Gasteiger partial charge in [-0.15, -0.1) is 5.16 Å². The van der Waals surface area contributed by atoms with Gasteiger partial charge in [-0.1, -0.05) is 37.3 Å². The number of aliphatic imine (C=N–C) groups is 1. The van der Waals surface area contributed by atoms with E-state index in [0.29, 0.717) is 38.2 Å². The normalized spacial score (nSPS) is 9.91. The van der Waals surface area contributed by atoms with Crippen LogP contribution in [0.5, 0.6) is 0 Å². The van der Waals surface area contributed by atoms with Crippen LogP contribution < -0.4 is 16.4 Å². The predicted octanol–water partition coefficient (Wildman–Crippen LogP) is 2.56. The summed E-state index contributed by atoms with van der Waals surface area (Å²) in [5.74, 6) is -0.379. The molecule has 0 fully saturated rings. The number of nitrogens with two attached hydrogens (primary N) is 1. The third-order valence-electron chi connectivity index (χ3n) is 4.50. The van der Waals surface area contributed by atoms with Crippen molar-refractivity contribution >= 4 is 36.3 Å². The maximum Gasteiger partial charge on any atom is 0.248 e. The zero-order chi connectivity index (χ0) is 25.9. The van der Waals surface area contributed by atoms with Crippen molar-refractivity contribution in [3.05, 3.63) is 65.4 Å². The lowest BCUT2D eigenvalue weighted by atomic mass is 10.1. The minimum atomic E-state index is -0.379. The van der Waals surface area contributed by atoms with Gasteiger partial charge in [0.15, 0.2) is 0 Å². The molecule has 35 heavy (non-hydrogen) atoms. The largest absolute Gasteiger partial charge is 0.396 e. The highest BCUT2D eigenvalue weighted by atomic mass is 16.6. The molecule has 0 aliphatic rings. The molecule has 10 heteroatoms. The minimum Gasteiger partial charge on any atom is -0.396 e.